The van der Waals surface area contributed by atoms with E-state index in [-0.39, 0.29) is 23.0 Å². The number of nitrogens with one attached hydrogen (secondary N) is 1. The lowest BCUT2D eigenvalue weighted by atomic mass is 10.1. The Morgan fingerprint density at radius 2 is 1.85 bits per heavy atom. The molecule has 0 spiro atoms. The molecule has 1 heterocycles. The van der Waals surface area contributed by atoms with Gasteiger partial charge in [-0.3, -0.25) is 4.79 Å². The molecule has 1 aliphatic heterocycles. The van der Waals surface area contributed by atoms with Gasteiger partial charge >= 0.3 is 5.97 Å². The smallest absolute Gasteiger partial charge is 0.346 e. The summed E-state index contributed by atoms with van der Waals surface area (Å²) in [5, 5.41) is 3.27. The van der Waals surface area contributed by atoms with Crippen molar-refractivity contribution in [3.05, 3.63) is 93.6 Å². The van der Waals surface area contributed by atoms with E-state index >= 15 is 0 Å². The van der Waals surface area contributed by atoms with Crippen LogP contribution in [0, 0.1) is 19.7 Å². The molecule has 172 valence electrons. The summed E-state index contributed by atoms with van der Waals surface area (Å²) in [4.78, 5) is 29.8. The van der Waals surface area contributed by atoms with Crippen LogP contribution in [0.25, 0.3) is 6.08 Å². The molecule has 1 fully saturated rings. The average Bonchev–Trinajstić information content (AvgIpc) is 3.15. The summed E-state index contributed by atoms with van der Waals surface area (Å²) in [6.07, 6.45) is 1.69. The van der Waals surface area contributed by atoms with E-state index in [1.807, 2.05) is 32.0 Å². The number of amidine groups is 1. The molecule has 1 amide bonds. The first-order chi connectivity index (χ1) is 16.3. The second-order valence-electron chi connectivity index (χ2n) is 7.55. The van der Waals surface area contributed by atoms with Gasteiger partial charge in [0.1, 0.15) is 5.82 Å². The fraction of sp³-hybridized carbons (Fsp3) is 0.115. The van der Waals surface area contributed by atoms with Gasteiger partial charge in [-0.05, 0) is 78.7 Å². The summed E-state index contributed by atoms with van der Waals surface area (Å²) in [5.74, 6) is -1.36. The van der Waals surface area contributed by atoms with E-state index in [2.05, 4.69) is 10.3 Å². The lowest BCUT2D eigenvalue weighted by Crippen LogP contribution is -2.19. The van der Waals surface area contributed by atoms with Crippen LogP contribution in [-0.4, -0.2) is 24.2 Å². The zero-order valence-electron chi connectivity index (χ0n) is 18.7. The Balaban J connectivity index is 1.54. The van der Waals surface area contributed by atoms with Crippen LogP contribution in [-0.2, 0) is 4.79 Å². The lowest BCUT2D eigenvalue weighted by Gasteiger charge is -2.10. The van der Waals surface area contributed by atoms with Crippen molar-refractivity contribution in [2.45, 2.75) is 13.8 Å². The van der Waals surface area contributed by atoms with E-state index in [0.29, 0.717) is 15.6 Å². The lowest BCUT2D eigenvalue weighted by molar-refractivity contribution is -0.115. The van der Waals surface area contributed by atoms with Gasteiger partial charge in [-0.2, -0.15) is 0 Å². The fourth-order valence-electron chi connectivity index (χ4n) is 3.22. The molecule has 0 bridgehead atoms. The molecule has 1 N–H and O–H groups in total. The highest BCUT2D eigenvalue weighted by Gasteiger charge is 2.24. The third-order valence-corrected chi connectivity index (χ3v) is 5.93. The Bertz CT molecular complexity index is 1350. The zero-order valence-corrected chi connectivity index (χ0v) is 19.5. The summed E-state index contributed by atoms with van der Waals surface area (Å²) >= 11 is 1.23. The number of aryl methyl sites for hydroxylation is 2. The Labute approximate surface area is 200 Å². The predicted octanol–water partition coefficient (Wildman–Crippen LogP) is 5.56. The average molecular weight is 477 g/mol. The number of nitrogens with zero attached hydrogens (tertiary/aromatic N) is 1. The standard InChI is InChI=1S/C26H21FN2O4S/c1-15-8-9-16(2)20(12-15)28-26-29-24(30)23(34-26)14-17-10-11-21(22(13-17)32-3)33-25(31)18-6-4-5-7-19(18)27/h4-14H,1-3H3,(H,28,29,30)/b23-14-. The number of rotatable bonds is 5. The van der Waals surface area contributed by atoms with E-state index in [9.17, 15) is 14.0 Å². The van der Waals surface area contributed by atoms with Gasteiger partial charge in [-0.1, -0.05) is 30.3 Å². The molecular formula is C26H21FN2O4S. The zero-order chi connectivity index (χ0) is 24.2. The number of hydrogen-bond acceptors (Lipinski definition) is 6. The highest BCUT2D eigenvalue weighted by molar-refractivity contribution is 8.18. The van der Waals surface area contributed by atoms with Gasteiger partial charge < -0.3 is 14.8 Å². The van der Waals surface area contributed by atoms with Gasteiger partial charge in [0.05, 0.1) is 23.3 Å². The number of benzene rings is 3. The Kier molecular flexibility index (Phi) is 6.79. The molecule has 4 rings (SSSR count). The first-order valence-corrected chi connectivity index (χ1v) is 11.2. The molecule has 0 aromatic heterocycles. The Hall–Kier alpha value is -3.91. The van der Waals surface area contributed by atoms with Crippen LogP contribution in [0.5, 0.6) is 11.5 Å². The van der Waals surface area contributed by atoms with Crippen molar-refractivity contribution in [2.24, 2.45) is 4.99 Å². The molecular weight excluding hydrogens is 455 g/mol. The Morgan fingerprint density at radius 1 is 1.06 bits per heavy atom. The summed E-state index contributed by atoms with van der Waals surface area (Å²) < 4.78 is 24.5. The maximum absolute atomic E-state index is 13.9. The van der Waals surface area contributed by atoms with Crippen LogP contribution in [0.2, 0.25) is 0 Å². The fourth-order valence-corrected chi connectivity index (χ4v) is 4.06. The van der Waals surface area contributed by atoms with Gasteiger partial charge in [0.15, 0.2) is 16.7 Å². The number of methoxy groups -OCH3 is 1. The number of hydrogen-bond donors (Lipinski definition) is 1. The van der Waals surface area contributed by atoms with Gasteiger partial charge in [0, 0.05) is 0 Å². The van der Waals surface area contributed by atoms with Crippen molar-refractivity contribution in [2.75, 3.05) is 7.11 Å². The Morgan fingerprint density at radius 3 is 2.62 bits per heavy atom. The van der Waals surface area contributed by atoms with Crippen molar-refractivity contribution < 1.29 is 23.5 Å². The molecule has 1 saturated heterocycles. The number of carbonyl (C=O) groups is 2. The SMILES string of the molecule is COc1cc(/C=C2\SC(=Nc3cc(C)ccc3C)NC2=O)ccc1OC(=O)c1ccccc1F. The van der Waals surface area contributed by atoms with Crippen LogP contribution in [0.1, 0.15) is 27.0 Å². The minimum absolute atomic E-state index is 0.138. The van der Waals surface area contributed by atoms with E-state index in [1.54, 1.807) is 24.3 Å². The van der Waals surface area contributed by atoms with Gasteiger partial charge in [0.2, 0.25) is 0 Å². The molecule has 3 aromatic rings. The summed E-state index contributed by atoms with van der Waals surface area (Å²) in [5.41, 5.74) is 3.37. The molecule has 0 saturated carbocycles. The molecule has 0 unspecified atom stereocenters. The van der Waals surface area contributed by atoms with Crippen molar-refractivity contribution in [3.63, 3.8) is 0 Å². The van der Waals surface area contributed by atoms with Crippen LogP contribution < -0.4 is 14.8 Å². The van der Waals surface area contributed by atoms with Gasteiger partial charge in [0.25, 0.3) is 5.91 Å². The molecule has 6 nitrogen and oxygen atoms in total. The number of aliphatic imine (C=N–C) groups is 1. The molecule has 1 aliphatic rings. The maximum atomic E-state index is 13.9. The second kappa shape index (κ2) is 9.93. The van der Waals surface area contributed by atoms with Gasteiger partial charge in [-0.25, -0.2) is 14.2 Å². The quantitative estimate of drug-likeness (QED) is 0.296. The van der Waals surface area contributed by atoms with Crippen molar-refractivity contribution >= 4 is 40.6 Å². The normalized spacial score (nSPS) is 15.5. The van der Waals surface area contributed by atoms with Crippen LogP contribution >= 0.6 is 11.8 Å². The second-order valence-corrected chi connectivity index (χ2v) is 8.58. The molecule has 0 aliphatic carbocycles. The third kappa shape index (κ3) is 5.18. The molecule has 8 heteroatoms. The first kappa shape index (κ1) is 23.3. The van der Waals surface area contributed by atoms with E-state index in [1.165, 1.54) is 43.1 Å². The number of thioether (sulfide) groups is 1. The van der Waals surface area contributed by atoms with E-state index < -0.39 is 11.8 Å². The van der Waals surface area contributed by atoms with Crippen molar-refractivity contribution in [1.29, 1.82) is 0 Å². The minimum Gasteiger partial charge on any atom is -0.493 e. The number of ether oxygens (including phenoxy) is 2. The van der Waals surface area contributed by atoms with Crippen LogP contribution in [0.3, 0.4) is 0 Å². The molecule has 0 atom stereocenters. The first-order valence-electron chi connectivity index (χ1n) is 10.4. The van der Waals surface area contributed by atoms with Crippen LogP contribution in [0.4, 0.5) is 10.1 Å². The van der Waals surface area contributed by atoms with Crippen LogP contribution in [0.15, 0.2) is 70.6 Å². The summed E-state index contributed by atoms with van der Waals surface area (Å²) in [6, 6.07) is 16.4. The third-order valence-electron chi connectivity index (χ3n) is 5.02. The van der Waals surface area contributed by atoms with Gasteiger partial charge in [-0.15, -0.1) is 0 Å². The predicted molar refractivity (Wildman–Crippen MR) is 131 cm³/mol. The largest absolute Gasteiger partial charge is 0.493 e. The highest BCUT2D eigenvalue weighted by atomic mass is 32.2. The van der Waals surface area contributed by atoms with Crippen molar-refractivity contribution in [3.8, 4) is 11.5 Å². The summed E-state index contributed by atoms with van der Waals surface area (Å²) in [6.45, 7) is 3.95. The van der Waals surface area contributed by atoms with E-state index in [0.717, 1.165) is 16.8 Å². The number of carbonyl (C=O) groups excluding carboxylic acids is 2. The monoisotopic (exact) mass is 476 g/mol. The molecule has 34 heavy (non-hydrogen) atoms. The maximum Gasteiger partial charge on any atom is 0.346 e. The van der Waals surface area contributed by atoms with E-state index in [4.69, 9.17) is 9.47 Å². The molecule has 0 radical (unpaired) electrons. The minimum atomic E-state index is -0.833. The highest BCUT2D eigenvalue weighted by Crippen LogP contribution is 2.33. The number of amides is 1. The number of halogens is 1. The molecule has 3 aromatic carbocycles. The summed E-state index contributed by atoms with van der Waals surface area (Å²) in [7, 11) is 1.43. The topological polar surface area (TPSA) is 77.0 Å². The van der Waals surface area contributed by atoms with Crippen molar-refractivity contribution in [1.82, 2.24) is 5.32 Å². The number of esters is 1.